The minimum Gasteiger partial charge on any atom is -0.352 e. The molecule has 25 heavy (non-hydrogen) atoms. The van der Waals surface area contributed by atoms with Crippen LogP contribution >= 0.6 is 0 Å². The summed E-state index contributed by atoms with van der Waals surface area (Å²) in [6, 6.07) is 7.39. The third-order valence-corrected chi connectivity index (χ3v) is 5.03. The maximum Gasteiger partial charge on any atom is 0.256 e. The largest absolute Gasteiger partial charge is 0.352 e. The number of likely N-dealkylation sites (tertiary alicyclic amines) is 1. The van der Waals surface area contributed by atoms with E-state index in [1.54, 1.807) is 12.3 Å². The zero-order chi connectivity index (χ0) is 17.8. The van der Waals surface area contributed by atoms with Gasteiger partial charge in [0, 0.05) is 31.7 Å². The van der Waals surface area contributed by atoms with Crippen LogP contribution < -0.4 is 10.7 Å². The van der Waals surface area contributed by atoms with Crippen molar-refractivity contribution >= 4 is 16.8 Å². The molecular formula is C20H27N3O2. The van der Waals surface area contributed by atoms with Crippen LogP contribution in [0, 0.1) is 5.92 Å². The van der Waals surface area contributed by atoms with Crippen molar-refractivity contribution in [3.8, 4) is 0 Å². The Morgan fingerprint density at radius 3 is 2.92 bits per heavy atom. The van der Waals surface area contributed by atoms with Crippen molar-refractivity contribution in [1.82, 2.24) is 14.8 Å². The fraction of sp³-hybridized carbons (Fsp3) is 0.500. The zero-order valence-electron chi connectivity index (χ0n) is 15.1. The van der Waals surface area contributed by atoms with Gasteiger partial charge in [0.05, 0.1) is 5.52 Å². The number of piperidine rings is 1. The first-order valence-corrected chi connectivity index (χ1v) is 9.19. The Bertz CT molecular complexity index is 810. The van der Waals surface area contributed by atoms with E-state index in [4.69, 9.17) is 0 Å². The summed E-state index contributed by atoms with van der Waals surface area (Å²) in [6.45, 7) is 6.14. The minimum atomic E-state index is -0.265. The Kier molecular flexibility index (Phi) is 5.53. The number of aryl methyl sites for hydroxylation is 1. The van der Waals surface area contributed by atoms with E-state index in [-0.39, 0.29) is 16.9 Å². The molecule has 0 spiro atoms. The summed E-state index contributed by atoms with van der Waals surface area (Å²) in [5.41, 5.74) is 0.872. The summed E-state index contributed by atoms with van der Waals surface area (Å²) in [6.07, 6.45) is 5.12. The Balaban J connectivity index is 1.70. The van der Waals surface area contributed by atoms with E-state index in [1.807, 2.05) is 29.8 Å². The van der Waals surface area contributed by atoms with Crippen LogP contribution in [0.1, 0.15) is 36.5 Å². The first kappa shape index (κ1) is 17.7. The highest BCUT2D eigenvalue weighted by molar-refractivity contribution is 5.97. The topological polar surface area (TPSA) is 54.3 Å². The SMILES string of the molecule is CCCN1CCCC(CNC(=O)c2cn(C)c3ccccc3c2=O)C1. The van der Waals surface area contributed by atoms with E-state index in [0.29, 0.717) is 17.8 Å². The standard InChI is InChI=1S/C20H27N3O2/c1-3-10-23-11-6-7-15(13-23)12-21-20(25)17-14-22(2)18-9-5-4-8-16(18)19(17)24/h4-5,8-9,14-15H,3,6-7,10-13H2,1-2H3,(H,21,25). The van der Waals surface area contributed by atoms with E-state index in [2.05, 4.69) is 17.1 Å². The number of pyridine rings is 1. The van der Waals surface area contributed by atoms with Crippen molar-refractivity contribution in [2.75, 3.05) is 26.2 Å². The van der Waals surface area contributed by atoms with Gasteiger partial charge in [0.1, 0.15) is 5.56 Å². The number of fused-ring (bicyclic) bond motifs is 1. The van der Waals surface area contributed by atoms with Crippen LogP contribution in [-0.4, -0.2) is 41.6 Å². The number of rotatable bonds is 5. The number of benzene rings is 1. The quantitative estimate of drug-likeness (QED) is 0.908. The molecule has 0 aliphatic carbocycles. The van der Waals surface area contributed by atoms with Crippen molar-refractivity contribution in [2.24, 2.45) is 13.0 Å². The number of para-hydroxylation sites is 1. The molecule has 2 aromatic rings. The molecule has 0 radical (unpaired) electrons. The monoisotopic (exact) mass is 341 g/mol. The normalized spacial score (nSPS) is 18.4. The van der Waals surface area contributed by atoms with Crippen LogP contribution in [0.2, 0.25) is 0 Å². The molecule has 3 rings (SSSR count). The van der Waals surface area contributed by atoms with Crippen molar-refractivity contribution in [3.05, 3.63) is 46.2 Å². The fourth-order valence-corrected chi connectivity index (χ4v) is 3.77. The first-order chi connectivity index (χ1) is 12.1. The molecule has 5 heteroatoms. The van der Waals surface area contributed by atoms with Crippen LogP contribution in [0.15, 0.2) is 35.3 Å². The predicted molar refractivity (Wildman–Crippen MR) is 101 cm³/mol. The summed E-state index contributed by atoms with van der Waals surface area (Å²) < 4.78 is 1.84. The van der Waals surface area contributed by atoms with Crippen molar-refractivity contribution in [2.45, 2.75) is 26.2 Å². The lowest BCUT2D eigenvalue weighted by atomic mass is 9.97. The molecule has 1 saturated heterocycles. The number of aromatic nitrogens is 1. The third-order valence-electron chi connectivity index (χ3n) is 5.03. The molecule has 5 nitrogen and oxygen atoms in total. The molecule has 1 atom stereocenters. The number of carbonyl (C=O) groups excluding carboxylic acids is 1. The minimum absolute atomic E-state index is 0.192. The smallest absolute Gasteiger partial charge is 0.256 e. The summed E-state index contributed by atoms with van der Waals surface area (Å²) in [5, 5.41) is 3.57. The van der Waals surface area contributed by atoms with Crippen LogP contribution in [-0.2, 0) is 7.05 Å². The summed E-state index contributed by atoms with van der Waals surface area (Å²) in [4.78, 5) is 27.7. The molecule has 1 fully saturated rings. The van der Waals surface area contributed by atoms with E-state index >= 15 is 0 Å². The van der Waals surface area contributed by atoms with Crippen LogP contribution in [0.4, 0.5) is 0 Å². The Labute approximate surface area is 148 Å². The zero-order valence-corrected chi connectivity index (χ0v) is 15.1. The van der Waals surface area contributed by atoms with Gasteiger partial charge in [-0.15, -0.1) is 0 Å². The second-order valence-corrected chi connectivity index (χ2v) is 7.02. The van der Waals surface area contributed by atoms with Gasteiger partial charge in [0.2, 0.25) is 5.43 Å². The number of hydrogen-bond acceptors (Lipinski definition) is 3. The molecule has 1 aliphatic heterocycles. The van der Waals surface area contributed by atoms with Crippen LogP contribution in [0.3, 0.4) is 0 Å². The average Bonchev–Trinajstić information content (AvgIpc) is 2.63. The van der Waals surface area contributed by atoms with E-state index in [9.17, 15) is 9.59 Å². The molecule has 0 bridgehead atoms. The maximum atomic E-state index is 12.6. The maximum absolute atomic E-state index is 12.6. The molecule has 1 aromatic carbocycles. The number of amides is 1. The van der Waals surface area contributed by atoms with Crippen molar-refractivity contribution < 1.29 is 4.79 Å². The summed E-state index contributed by atoms with van der Waals surface area (Å²) in [5.74, 6) is 0.201. The van der Waals surface area contributed by atoms with E-state index in [0.717, 1.165) is 38.0 Å². The molecule has 134 valence electrons. The fourth-order valence-electron chi connectivity index (χ4n) is 3.77. The molecule has 2 heterocycles. The van der Waals surface area contributed by atoms with E-state index in [1.165, 1.54) is 6.42 Å². The van der Waals surface area contributed by atoms with Gasteiger partial charge >= 0.3 is 0 Å². The van der Waals surface area contributed by atoms with Gasteiger partial charge in [0.25, 0.3) is 5.91 Å². The van der Waals surface area contributed by atoms with E-state index < -0.39 is 0 Å². The Morgan fingerprint density at radius 2 is 2.12 bits per heavy atom. The summed E-state index contributed by atoms with van der Waals surface area (Å²) in [7, 11) is 1.86. The van der Waals surface area contributed by atoms with Gasteiger partial charge in [-0.05, 0) is 50.4 Å². The number of nitrogens with zero attached hydrogens (tertiary/aromatic N) is 2. The van der Waals surface area contributed by atoms with Crippen molar-refractivity contribution in [1.29, 1.82) is 0 Å². The highest BCUT2D eigenvalue weighted by Crippen LogP contribution is 2.16. The number of carbonyl (C=O) groups is 1. The Morgan fingerprint density at radius 1 is 1.32 bits per heavy atom. The van der Waals surface area contributed by atoms with Crippen LogP contribution in [0.25, 0.3) is 10.9 Å². The number of hydrogen-bond donors (Lipinski definition) is 1. The molecule has 1 amide bonds. The lowest BCUT2D eigenvalue weighted by molar-refractivity contribution is 0.0931. The van der Waals surface area contributed by atoms with Gasteiger partial charge in [-0.1, -0.05) is 19.1 Å². The highest BCUT2D eigenvalue weighted by Gasteiger charge is 2.21. The average molecular weight is 341 g/mol. The Hall–Kier alpha value is -2.14. The molecule has 1 unspecified atom stereocenters. The molecule has 1 N–H and O–H groups in total. The molecule has 1 aromatic heterocycles. The number of nitrogens with one attached hydrogen (secondary N) is 1. The lowest BCUT2D eigenvalue weighted by Gasteiger charge is -2.32. The van der Waals surface area contributed by atoms with Gasteiger partial charge in [-0.2, -0.15) is 0 Å². The molecule has 1 aliphatic rings. The highest BCUT2D eigenvalue weighted by atomic mass is 16.2. The second-order valence-electron chi connectivity index (χ2n) is 7.02. The predicted octanol–water partition coefficient (Wildman–Crippen LogP) is 2.39. The van der Waals surface area contributed by atoms with Crippen molar-refractivity contribution in [3.63, 3.8) is 0 Å². The van der Waals surface area contributed by atoms with Crippen LogP contribution in [0.5, 0.6) is 0 Å². The van der Waals surface area contributed by atoms with Gasteiger partial charge in [0.15, 0.2) is 0 Å². The second kappa shape index (κ2) is 7.83. The lowest BCUT2D eigenvalue weighted by Crippen LogP contribution is -2.41. The third kappa shape index (κ3) is 3.93. The first-order valence-electron chi connectivity index (χ1n) is 9.19. The molecule has 0 saturated carbocycles. The summed E-state index contributed by atoms with van der Waals surface area (Å²) >= 11 is 0. The molecular weight excluding hydrogens is 314 g/mol. The van der Waals surface area contributed by atoms with Gasteiger partial charge < -0.3 is 14.8 Å². The van der Waals surface area contributed by atoms with Gasteiger partial charge in [-0.3, -0.25) is 9.59 Å². The van der Waals surface area contributed by atoms with Gasteiger partial charge in [-0.25, -0.2) is 0 Å².